The number of furan rings is 1. The second-order valence-corrected chi connectivity index (χ2v) is 7.70. The van der Waals surface area contributed by atoms with Crippen LogP contribution in [0.2, 0.25) is 5.02 Å². The summed E-state index contributed by atoms with van der Waals surface area (Å²) >= 11 is 7.71. The Hall–Kier alpha value is -2.38. The number of aliphatic imine (C=N–C) groups is 1. The predicted octanol–water partition coefficient (Wildman–Crippen LogP) is 3.74. The zero-order valence-corrected chi connectivity index (χ0v) is 17.3. The molecule has 3 aromatic rings. The molecule has 0 atom stereocenters. The van der Waals surface area contributed by atoms with Gasteiger partial charge in [0.15, 0.2) is 5.96 Å². The van der Waals surface area contributed by atoms with E-state index in [1.807, 2.05) is 54.2 Å². The van der Waals surface area contributed by atoms with Crippen LogP contribution in [-0.4, -0.2) is 34.6 Å². The maximum Gasteiger partial charge on any atom is 0.191 e. The smallest absolute Gasteiger partial charge is 0.191 e. The van der Waals surface area contributed by atoms with Gasteiger partial charge in [0.1, 0.15) is 5.76 Å². The van der Waals surface area contributed by atoms with Gasteiger partial charge in [-0.3, -0.25) is 4.68 Å². The number of hydrogen-bond donors (Lipinski definition) is 2. The maximum atomic E-state index is 5.93. The molecule has 3 rings (SSSR count). The van der Waals surface area contributed by atoms with Crippen molar-refractivity contribution in [1.82, 2.24) is 20.4 Å². The van der Waals surface area contributed by atoms with E-state index < -0.39 is 0 Å². The number of guanidine groups is 1. The first-order valence-corrected chi connectivity index (χ1v) is 10.5. The molecule has 0 unspecified atom stereocenters. The number of aryl methyl sites for hydroxylation is 1. The topological polar surface area (TPSA) is 67.4 Å². The summed E-state index contributed by atoms with van der Waals surface area (Å²) < 4.78 is 7.21. The lowest BCUT2D eigenvalue weighted by atomic mass is 10.3. The van der Waals surface area contributed by atoms with Gasteiger partial charge in [-0.05, 0) is 42.5 Å². The van der Waals surface area contributed by atoms with E-state index in [0.717, 1.165) is 47.7 Å². The Labute approximate surface area is 174 Å². The van der Waals surface area contributed by atoms with Gasteiger partial charge in [0.05, 0.1) is 18.5 Å². The van der Waals surface area contributed by atoms with Gasteiger partial charge in [-0.15, -0.1) is 11.8 Å². The third-order valence-electron chi connectivity index (χ3n) is 4.04. The van der Waals surface area contributed by atoms with Gasteiger partial charge in [0.25, 0.3) is 0 Å². The van der Waals surface area contributed by atoms with E-state index in [1.54, 1.807) is 24.2 Å². The number of nitrogens with one attached hydrogen (secondary N) is 2. The maximum absolute atomic E-state index is 5.93. The fourth-order valence-corrected chi connectivity index (χ4v) is 3.41. The van der Waals surface area contributed by atoms with Gasteiger partial charge in [-0.2, -0.15) is 5.10 Å². The normalized spacial score (nSPS) is 11.6. The molecular formula is C20H24ClN5OS. The first-order chi connectivity index (χ1) is 13.7. The zero-order chi connectivity index (χ0) is 19.6. The number of benzene rings is 1. The molecule has 0 aliphatic carbocycles. The predicted molar refractivity (Wildman–Crippen MR) is 115 cm³/mol. The van der Waals surface area contributed by atoms with Crippen LogP contribution in [0, 0.1) is 0 Å². The molecule has 2 heterocycles. The van der Waals surface area contributed by atoms with Crippen molar-refractivity contribution in [3.63, 3.8) is 0 Å². The third-order valence-corrected chi connectivity index (χ3v) is 5.31. The summed E-state index contributed by atoms with van der Waals surface area (Å²) in [5, 5.41) is 11.7. The molecule has 0 amide bonds. The summed E-state index contributed by atoms with van der Waals surface area (Å²) in [7, 11) is 1.92. The fourth-order valence-electron chi connectivity index (χ4n) is 2.52. The van der Waals surface area contributed by atoms with Crippen molar-refractivity contribution in [2.24, 2.45) is 12.0 Å². The summed E-state index contributed by atoms with van der Waals surface area (Å²) in [5.74, 6) is 2.66. The third kappa shape index (κ3) is 6.65. The largest absolute Gasteiger partial charge is 0.469 e. The summed E-state index contributed by atoms with van der Waals surface area (Å²) in [6, 6.07) is 13.7. The Balaban J connectivity index is 1.49. The molecular weight excluding hydrogens is 394 g/mol. The molecule has 0 saturated heterocycles. The van der Waals surface area contributed by atoms with Crippen LogP contribution in [0.3, 0.4) is 0 Å². The lowest BCUT2D eigenvalue weighted by molar-refractivity contribution is 0.507. The highest BCUT2D eigenvalue weighted by Crippen LogP contribution is 2.19. The molecule has 8 heteroatoms. The Bertz CT molecular complexity index is 861. The van der Waals surface area contributed by atoms with Crippen molar-refractivity contribution >= 4 is 29.3 Å². The molecule has 0 bridgehead atoms. The monoisotopic (exact) mass is 417 g/mol. The van der Waals surface area contributed by atoms with Crippen molar-refractivity contribution in [2.45, 2.75) is 17.9 Å². The van der Waals surface area contributed by atoms with Crippen LogP contribution < -0.4 is 10.6 Å². The average Bonchev–Trinajstić information content (AvgIpc) is 3.36. The van der Waals surface area contributed by atoms with Crippen LogP contribution in [0.5, 0.6) is 0 Å². The van der Waals surface area contributed by atoms with Crippen LogP contribution in [0.15, 0.2) is 69.2 Å². The van der Waals surface area contributed by atoms with Crippen LogP contribution in [-0.2, 0) is 20.0 Å². The van der Waals surface area contributed by atoms with E-state index in [1.165, 1.54) is 4.90 Å². The summed E-state index contributed by atoms with van der Waals surface area (Å²) in [5.41, 5.74) is 1.06. The van der Waals surface area contributed by atoms with Gasteiger partial charge in [-0.1, -0.05) is 11.6 Å². The molecule has 2 aromatic heterocycles. The number of rotatable bonds is 9. The first kappa shape index (κ1) is 20.4. The quantitative estimate of drug-likeness (QED) is 0.240. The second-order valence-electron chi connectivity index (χ2n) is 6.10. The van der Waals surface area contributed by atoms with E-state index in [2.05, 4.69) is 20.7 Å². The van der Waals surface area contributed by atoms with E-state index in [-0.39, 0.29) is 0 Å². The second kappa shape index (κ2) is 10.8. The number of aromatic nitrogens is 2. The molecule has 0 saturated carbocycles. The SMILES string of the molecule is Cn1nccc1CN=C(NCCSc1ccc(Cl)cc1)NCCc1ccco1. The van der Waals surface area contributed by atoms with Crippen LogP contribution in [0.4, 0.5) is 0 Å². The van der Waals surface area contributed by atoms with E-state index in [0.29, 0.717) is 6.54 Å². The van der Waals surface area contributed by atoms with E-state index in [4.69, 9.17) is 16.0 Å². The highest BCUT2D eigenvalue weighted by Gasteiger charge is 2.03. The Morgan fingerprint density at radius 1 is 1.18 bits per heavy atom. The number of hydrogen-bond acceptors (Lipinski definition) is 4. The summed E-state index contributed by atoms with van der Waals surface area (Å²) in [4.78, 5) is 5.88. The van der Waals surface area contributed by atoms with Gasteiger partial charge in [0.2, 0.25) is 0 Å². The lowest BCUT2D eigenvalue weighted by Crippen LogP contribution is -2.39. The summed E-state index contributed by atoms with van der Waals surface area (Å²) in [6.45, 7) is 2.11. The highest BCUT2D eigenvalue weighted by molar-refractivity contribution is 7.99. The van der Waals surface area contributed by atoms with Crippen molar-refractivity contribution in [2.75, 3.05) is 18.8 Å². The minimum Gasteiger partial charge on any atom is -0.469 e. The van der Waals surface area contributed by atoms with Crippen molar-refractivity contribution in [3.8, 4) is 0 Å². The molecule has 0 spiro atoms. The van der Waals surface area contributed by atoms with Gasteiger partial charge in [0, 0.05) is 48.4 Å². The van der Waals surface area contributed by atoms with Crippen molar-refractivity contribution in [3.05, 3.63) is 71.4 Å². The number of nitrogens with zero attached hydrogens (tertiary/aromatic N) is 3. The average molecular weight is 418 g/mol. The van der Waals surface area contributed by atoms with Crippen LogP contribution in [0.25, 0.3) is 0 Å². The molecule has 0 fully saturated rings. The molecule has 148 valence electrons. The minimum absolute atomic E-state index is 0.566. The Morgan fingerprint density at radius 2 is 2.00 bits per heavy atom. The molecule has 6 nitrogen and oxygen atoms in total. The van der Waals surface area contributed by atoms with Gasteiger partial charge in [-0.25, -0.2) is 4.99 Å². The number of thioether (sulfide) groups is 1. The highest BCUT2D eigenvalue weighted by atomic mass is 35.5. The molecule has 28 heavy (non-hydrogen) atoms. The summed E-state index contributed by atoms with van der Waals surface area (Å²) in [6.07, 6.45) is 4.28. The Morgan fingerprint density at radius 3 is 2.71 bits per heavy atom. The molecule has 0 aliphatic heterocycles. The Kier molecular flexibility index (Phi) is 7.87. The van der Waals surface area contributed by atoms with Crippen LogP contribution in [0.1, 0.15) is 11.5 Å². The van der Waals surface area contributed by atoms with Gasteiger partial charge < -0.3 is 15.1 Å². The van der Waals surface area contributed by atoms with E-state index >= 15 is 0 Å². The molecule has 1 aromatic carbocycles. The van der Waals surface area contributed by atoms with E-state index in [9.17, 15) is 0 Å². The molecule has 0 aliphatic rings. The van der Waals surface area contributed by atoms with Gasteiger partial charge >= 0.3 is 0 Å². The molecule has 2 N–H and O–H groups in total. The number of halogens is 1. The zero-order valence-electron chi connectivity index (χ0n) is 15.8. The first-order valence-electron chi connectivity index (χ1n) is 9.10. The minimum atomic E-state index is 0.566. The van der Waals surface area contributed by atoms with Crippen LogP contribution >= 0.6 is 23.4 Å². The van der Waals surface area contributed by atoms with Crippen molar-refractivity contribution in [1.29, 1.82) is 0 Å². The lowest BCUT2D eigenvalue weighted by Gasteiger charge is -2.12. The molecule has 0 radical (unpaired) electrons. The fraction of sp³-hybridized carbons (Fsp3) is 0.300. The standard InChI is InChI=1S/C20H24ClN5OS/c1-26-17(8-11-25-26)15-24-20(22-10-9-18-3-2-13-27-18)23-12-14-28-19-6-4-16(21)5-7-19/h2-8,11,13H,9-10,12,14-15H2,1H3,(H2,22,23,24). The van der Waals surface area contributed by atoms with Crippen molar-refractivity contribution < 1.29 is 4.42 Å².